The van der Waals surface area contributed by atoms with Gasteiger partial charge in [-0.05, 0) is 35.6 Å². The van der Waals surface area contributed by atoms with Gasteiger partial charge < -0.3 is 19.3 Å². The largest absolute Gasteiger partial charge is 0.490 e. The first-order chi connectivity index (χ1) is 19.2. The van der Waals surface area contributed by atoms with E-state index in [-0.39, 0.29) is 18.1 Å². The first-order valence-electron chi connectivity index (χ1n) is 12.9. The van der Waals surface area contributed by atoms with Crippen LogP contribution in [0, 0.1) is 11.8 Å². The number of carbonyl (C=O) groups excluding carboxylic acids is 1. The third kappa shape index (κ3) is 7.63. The van der Waals surface area contributed by atoms with Crippen LogP contribution in [-0.2, 0) is 18.4 Å². The number of pyridine rings is 2. The highest BCUT2D eigenvalue weighted by Crippen LogP contribution is 2.40. The maximum Gasteiger partial charge on any atom is 0.490 e. The number of benzene rings is 1. The van der Waals surface area contributed by atoms with Gasteiger partial charge in [0.2, 0.25) is 0 Å². The zero-order chi connectivity index (χ0) is 30.5. The smallest absolute Gasteiger partial charge is 0.486 e. The molecule has 0 spiro atoms. The molecule has 0 aliphatic rings. The SMILES string of the molecule is CC(C)CN(CC(C)C)C(=O)c1sc2c(c1OCc1ccncc1)c(=O)n(C)c1ccccc21.O=C(O)C(F)(F)F. The quantitative estimate of drug-likeness (QED) is 0.265. The molecule has 0 radical (unpaired) electrons. The normalized spacial score (nSPS) is 11.6. The predicted octanol–water partition coefficient (Wildman–Crippen LogP) is 6.11. The maximum atomic E-state index is 13.9. The molecule has 12 heteroatoms. The Morgan fingerprint density at radius 3 is 2.15 bits per heavy atom. The molecule has 4 rings (SSSR count). The molecule has 3 heterocycles. The maximum absolute atomic E-state index is 13.9. The summed E-state index contributed by atoms with van der Waals surface area (Å²) in [6, 6.07) is 11.5. The Hall–Kier alpha value is -3.93. The monoisotopic (exact) mass is 591 g/mol. The van der Waals surface area contributed by atoms with Gasteiger partial charge in [-0.25, -0.2) is 4.79 Å². The molecule has 0 aliphatic carbocycles. The van der Waals surface area contributed by atoms with E-state index in [9.17, 15) is 22.8 Å². The summed E-state index contributed by atoms with van der Waals surface area (Å²) in [5.41, 5.74) is 1.60. The summed E-state index contributed by atoms with van der Waals surface area (Å²) in [5.74, 6) is -1.81. The van der Waals surface area contributed by atoms with E-state index in [0.29, 0.717) is 40.9 Å². The van der Waals surface area contributed by atoms with Gasteiger partial charge in [0.1, 0.15) is 16.9 Å². The number of amides is 1. The second-order valence-corrected chi connectivity index (χ2v) is 11.3. The Labute approximate surface area is 239 Å². The third-order valence-corrected chi connectivity index (χ3v) is 7.11. The summed E-state index contributed by atoms with van der Waals surface area (Å²) in [7, 11) is 1.76. The molecule has 0 saturated heterocycles. The summed E-state index contributed by atoms with van der Waals surface area (Å²) in [5, 5.41) is 8.54. The van der Waals surface area contributed by atoms with Crippen molar-refractivity contribution in [2.75, 3.05) is 13.1 Å². The molecule has 0 saturated carbocycles. The van der Waals surface area contributed by atoms with E-state index in [4.69, 9.17) is 14.6 Å². The molecule has 4 aromatic rings. The van der Waals surface area contributed by atoms with Crippen molar-refractivity contribution in [1.29, 1.82) is 0 Å². The number of hydrogen-bond acceptors (Lipinski definition) is 6. The second kappa shape index (κ2) is 13.2. The molecule has 8 nitrogen and oxygen atoms in total. The zero-order valence-electron chi connectivity index (χ0n) is 23.4. The van der Waals surface area contributed by atoms with Gasteiger partial charge in [0, 0.05) is 37.9 Å². The molecule has 41 heavy (non-hydrogen) atoms. The van der Waals surface area contributed by atoms with Crippen LogP contribution >= 0.6 is 11.3 Å². The van der Waals surface area contributed by atoms with Crippen LogP contribution in [-0.4, -0.2) is 50.7 Å². The topological polar surface area (TPSA) is 102 Å². The van der Waals surface area contributed by atoms with Gasteiger partial charge in [0.25, 0.3) is 11.5 Å². The number of hydrogen-bond donors (Lipinski definition) is 1. The lowest BCUT2D eigenvalue weighted by atomic mass is 10.1. The number of aryl methyl sites for hydroxylation is 1. The molecule has 0 bridgehead atoms. The first-order valence-corrected chi connectivity index (χ1v) is 13.7. The molecule has 0 unspecified atom stereocenters. The highest BCUT2D eigenvalue weighted by atomic mass is 32.1. The van der Waals surface area contributed by atoms with Crippen LogP contribution in [0.1, 0.15) is 42.9 Å². The van der Waals surface area contributed by atoms with E-state index < -0.39 is 12.1 Å². The van der Waals surface area contributed by atoms with Crippen LogP contribution < -0.4 is 10.3 Å². The Bertz CT molecular complexity index is 1570. The lowest BCUT2D eigenvalue weighted by molar-refractivity contribution is -0.192. The van der Waals surface area contributed by atoms with Crippen LogP contribution in [0.5, 0.6) is 5.75 Å². The number of nitrogens with zero attached hydrogens (tertiary/aromatic N) is 3. The summed E-state index contributed by atoms with van der Waals surface area (Å²) < 4.78 is 40.4. The summed E-state index contributed by atoms with van der Waals surface area (Å²) in [4.78, 5) is 42.7. The van der Waals surface area contributed by atoms with E-state index in [0.717, 1.165) is 21.2 Å². The van der Waals surface area contributed by atoms with Gasteiger partial charge in [0.05, 0.1) is 10.2 Å². The number of para-hydroxylation sites is 1. The number of carboxylic acid groups (broad SMARTS) is 1. The van der Waals surface area contributed by atoms with Crippen LogP contribution in [0.15, 0.2) is 53.6 Å². The van der Waals surface area contributed by atoms with Crippen molar-refractivity contribution in [2.24, 2.45) is 18.9 Å². The molecular formula is C29H32F3N3O5S. The number of ether oxygens (including phenoxy) is 1. The molecule has 0 fully saturated rings. The standard InChI is InChI=1S/C27H31N3O3S.C2HF3O2/c1-17(2)14-30(15-18(3)4)27(32)25-23(33-16-19-10-12-28-13-11-19)22-24(34-25)20-8-6-7-9-21(20)29(5)26(22)31;3-2(4,5)1(6)7/h6-13,17-18H,14-16H2,1-5H3;(H,6,7). The zero-order valence-corrected chi connectivity index (χ0v) is 24.2. The van der Waals surface area contributed by atoms with E-state index >= 15 is 0 Å². The van der Waals surface area contributed by atoms with Gasteiger partial charge in [-0.3, -0.25) is 14.6 Å². The van der Waals surface area contributed by atoms with Crippen molar-refractivity contribution in [1.82, 2.24) is 14.5 Å². The van der Waals surface area contributed by atoms with Gasteiger partial charge in [0.15, 0.2) is 5.75 Å². The fourth-order valence-electron chi connectivity index (χ4n) is 4.21. The fourth-order valence-corrected chi connectivity index (χ4v) is 5.45. The van der Waals surface area contributed by atoms with Crippen molar-refractivity contribution >= 4 is 44.2 Å². The Morgan fingerprint density at radius 1 is 1.05 bits per heavy atom. The van der Waals surface area contributed by atoms with Crippen LogP contribution in [0.4, 0.5) is 13.2 Å². The lowest BCUT2D eigenvalue weighted by Crippen LogP contribution is -2.36. The van der Waals surface area contributed by atoms with Crippen molar-refractivity contribution in [3.63, 3.8) is 0 Å². The lowest BCUT2D eigenvalue weighted by Gasteiger charge is -2.26. The minimum absolute atomic E-state index is 0.0838. The number of rotatable bonds is 8. The van der Waals surface area contributed by atoms with Crippen LogP contribution in [0.3, 0.4) is 0 Å². The van der Waals surface area contributed by atoms with Crippen molar-refractivity contribution in [3.05, 3.63) is 69.6 Å². The molecule has 3 aromatic heterocycles. The van der Waals surface area contributed by atoms with Crippen molar-refractivity contribution in [3.8, 4) is 5.75 Å². The van der Waals surface area contributed by atoms with E-state index in [1.165, 1.54) is 11.3 Å². The molecule has 220 valence electrons. The average Bonchev–Trinajstić information content (AvgIpc) is 3.29. The predicted molar refractivity (Wildman–Crippen MR) is 152 cm³/mol. The number of aliphatic carboxylic acids is 1. The number of carboxylic acids is 1. The second-order valence-electron chi connectivity index (χ2n) is 10.3. The number of halogens is 3. The molecular weight excluding hydrogens is 559 g/mol. The highest BCUT2D eigenvalue weighted by molar-refractivity contribution is 7.22. The minimum atomic E-state index is -5.08. The summed E-state index contributed by atoms with van der Waals surface area (Å²) in [6.07, 6.45) is -1.67. The fraction of sp³-hybridized carbons (Fsp3) is 0.379. The third-order valence-electron chi connectivity index (χ3n) is 5.92. The van der Waals surface area contributed by atoms with E-state index in [2.05, 4.69) is 32.7 Å². The number of thiophene rings is 1. The van der Waals surface area contributed by atoms with Crippen molar-refractivity contribution in [2.45, 2.75) is 40.5 Å². The molecule has 0 aliphatic heterocycles. The summed E-state index contributed by atoms with van der Waals surface area (Å²) in [6.45, 7) is 9.97. The van der Waals surface area contributed by atoms with Crippen molar-refractivity contribution < 1.29 is 32.6 Å². The molecule has 1 aromatic carbocycles. The average molecular weight is 592 g/mol. The molecule has 1 N–H and O–H groups in total. The number of fused-ring (bicyclic) bond motifs is 3. The highest BCUT2D eigenvalue weighted by Gasteiger charge is 2.38. The van der Waals surface area contributed by atoms with Gasteiger partial charge >= 0.3 is 12.1 Å². The Morgan fingerprint density at radius 2 is 1.61 bits per heavy atom. The van der Waals surface area contributed by atoms with Crippen LogP contribution in [0.25, 0.3) is 21.0 Å². The number of alkyl halides is 3. The molecule has 1 amide bonds. The van der Waals surface area contributed by atoms with Gasteiger partial charge in [-0.15, -0.1) is 11.3 Å². The van der Waals surface area contributed by atoms with Gasteiger partial charge in [-0.1, -0.05) is 45.9 Å². The van der Waals surface area contributed by atoms with E-state index in [1.54, 1.807) is 24.0 Å². The Balaban J connectivity index is 0.000000587. The van der Waals surface area contributed by atoms with E-state index in [1.807, 2.05) is 41.3 Å². The van der Waals surface area contributed by atoms with Crippen LogP contribution in [0.2, 0.25) is 0 Å². The number of carbonyl (C=O) groups is 2. The number of aromatic nitrogens is 2. The van der Waals surface area contributed by atoms with Gasteiger partial charge in [-0.2, -0.15) is 13.2 Å². The molecule has 0 atom stereocenters. The Kier molecular flexibility index (Phi) is 10.1. The first kappa shape index (κ1) is 31.6. The minimum Gasteiger partial charge on any atom is -0.486 e. The summed E-state index contributed by atoms with van der Waals surface area (Å²) >= 11 is 1.36.